The normalized spacial score (nSPS) is 77.3. The average molecular weight is 176 g/mol. The predicted molar refractivity (Wildman–Crippen MR) is 53.1 cm³/mol. The minimum Gasteiger partial charge on any atom is -0.0625 e. The molecule has 0 aromatic heterocycles. The number of rotatable bonds is 0. The third-order valence-electron chi connectivity index (χ3n) is 6.34. The molecule has 0 N–H and O–H groups in total. The molecule has 13 heavy (non-hydrogen) atoms. The largest absolute Gasteiger partial charge is 0.0625 e. The highest BCUT2D eigenvalue weighted by Gasteiger charge is 2.88. The van der Waals surface area contributed by atoms with E-state index in [0.717, 1.165) is 23.2 Å². The molecule has 4 aliphatic carbocycles. The summed E-state index contributed by atoms with van der Waals surface area (Å²) in [4.78, 5) is 0. The lowest BCUT2D eigenvalue weighted by atomic mass is 9.52. The first-order valence-corrected chi connectivity index (χ1v) is 6.18. The lowest BCUT2D eigenvalue weighted by Crippen LogP contribution is -2.48. The van der Waals surface area contributed by atoms with Gasteiger partial charge in [0.15, 0.2) is 0 Å². The highest BCUT2D eigenvalue weighted by atomic mass is 14.9. The Morgan fingerprint density at radius 3 is 2.15 bits per heavy atom. The molecule has 0 heterocycles. The van der Waals surface area contributed by atoms with E-state index in [0.29, 0.717) is 0 Å². The molecule has 0 saturated heterocycles. The van der Waals surface area contributed by atoms with Crippen LogP contribution in [0.3, 0.4) is 0 Å². The van der Waals surface area contributed by atoms with Gasteiger partial charge in [0.1, 0.15) is 0 Å². The van der Waals surface area contributed by atoms with Crippen LogP contribution in [0.25, 0.3) is 0 Å². The fourth-order valence-electron chi connectivity index (χ4n) is 6.25. The summed E-state index contributed by atoms with van der Waals surface area (Å²) < 4.78 is 0. The summed E-state index contributed by atoms with van der Waals surface area (Å²) in [5, 5.41) is 0. The van der Waals surface area contributed by atoms with E-state index in [4.69, 9.17) is 0 Å². The highest BCUT2D eigenvalue weighted by molar-refractivity contribution is 5.35. The van der Waals surface area contributed by atoms with Gasteiger partial charge in [-0.15, -0.1) is 0 Å². The monoisotopic (exact) mass is 176 g/mol. The zero-order chi connectivity index (χ0) is 8.96. The van der Waals surface area contributed by atoms with E-state index >= 15 is 0 Å². The third kappa shape index (κ3) is 0.500. The van der Waals surface area contributed by atoms with Crippen LogP contribution < -0.4 is 0 Å². The molecule has 0 bridgehead atoms. The van der Waals surface area contributed by atoms with Gasteiger partial charge < -0.3 is 0 Å². The fourth-order valence-corrected chi connectivity index (χ4v) is 6.25. The maximum atomic E-state index is 2.54. The third-order valence-corrected chi connectivity index (χ3v) is 6.34. The Bertz CT molecular complexity index is 278. The second-order valence-corrected chi connectivity index (χ2v) is 6.62. The molecular formula is C13H20. The molecule has 8 unspecified atom stereocenters. The van der Waals surface area contributed by atoms with Crippen molar-refractivity contribution in [3.05, 3.63) is 0 Å². The fraction of sp³-hybridized carbons (Fsp3) is 1.00. The molecule has 0 nitrogen and oxygen atoms in total. The molecule has 72 valence electrons. The molecule has 0 radical (unpaired) electrons. The van der Waals surface area contributed by atoms with Crippen LogP contribution in [0, 0.1) is 46.8 Å². The van der Waals surface area contributed by atoms with E-state index in [9.17, 15) is 0 Å². The first-order valence-electron chi connectivity index (χ1n) is 6.18. The minimum atomic E-state index is 0.883. The van der Waals surface area contributed by atoms with Crippen molar-refractivity contribution in [2.75, 3.05) is 0 Å². The standard InChI is InChI=1S/C13H20/c1-6-4-7(2)13(5-6)11-8(3)9-10(11)12(9)13/h6-12H,4-5H2,1-3H3. The molecule has 8 atom stereocenters. The molecular weight excluding hydrogens is 156 g/mol. The summed E-state index contributed by atoms with van der Waals surface area (Å²) >= 11 is 0. The van der Waals surface area contributed by atoms with Crippen molar-refractivity contribution in [1.29, 1.82) is 0 Å². The van der Waals surface area contributed by atoms with Crippen molar-refractivity contribution in [2.24, 2.45) is 46.8 Å². The molecule has 0 aliphatic heterocycles. The number of hydrogen-bond donors (Lipinski definition) is 0. The van der Waals surface area contributed by atoms with Crippen molar-refractivity contribution in [1.82, 2.24) is 0 Å². The molecule has 4 fully saturated rings. The van der Waals surface area contributed by atoms with Crippen LogP contribution in [-0.2, 0) is 0 Å². The van der Waals surface area contributed by atoms with Gasteiger partial charge in [0.05, 0.1) is 0 Å². The molecule has 0 amide bonds. The van der Waals surface area contributed by atoms with Crippen LogP contribution in [-0.4, -0.2) is 0 Å². The van der Waals surface area contributed by atoms with E-state index in [2.05, 4.69) is 20.8 Å². The summed E-state index contributed by atoms with van der Waals surface area (Å²) in [5.41, 5.74) is 0.883. The van der Waals surface area contributed by atoms with Crippen LogP contribution in [0.5, 0.6) is 0 Å². The van der Waals surface area contributed by atoms with Crippen LogP contribution >= 0.6 is 0 Å². The van der Waals surface area contributed by atoms with Gasteiger partial charge in [-0.2, -0.15) is 0 Å². The van der Waals surface area contributed by atoms with Crippen LogP contribution in [0.2, 0.25) is 0 Å². The van der Waals surface area contributed by atoms with Crippen LogP contribution in [0.1, 0.15) is 33.6 Å². The zero-order valence-electron chi connectivity index (χ0n) is 8.96. The van der Waals surface area contributed by atoms with E-state index in [-0.39, 0.29) is 0 Å². The van der Waals surface area contributed by atoms with E-state index in [1.54, 1.807) is 6.42 Å². The number of hydrogen-bond acceptors (Lipinski definition) is 0. The van der Waals surface area contributed by atoms with E-state index in [1.807, 2.05) is 0 Å². The van der Waals surface area contributed by atoms with E-state index < -0.39 is 0 Å². The maximum Gasteiger partial charge on any atom is -0.0201 e. The molecule has 4 rings (SSSR count). The van der Waals surface area contributed by atoms with Gasteiger partial charge in [-0.1, -0.05) is 20.8 Å². The Morgan fingerprint density at radius 1 is 1.00 bits per heavy atom. The molecule has 1 spiro atoms. The second kappa shape index (κ2) is 1.73. The summed E-state index contributed by atoms with van der Waals surface area (Å²) in [6.07, 6.45) is 3.11. The van der Waals surface area contributed by atoms with Gasteiger partial charge >= 0.3 is 0 Å². The Kier molecular flexibility index (Phi) is 0.971. The van der Waals surface area contributed by atoms with Gasteiger partial charge in [0.2, 0.25) is 0 Å². The molecule has 0 heteroatoms. The van der Waals surface area contributed by atoms with Gasteiger partial charge in [0.25, 0.3) is 0 Å². The van der Waals surface area contributed by atoms with Crippen molar-refractivity contribution in [3.63, 3.8) is 0 Å². The van der Waals surface area contributed by atoms with Crippen molar-refractivity contribution >= 4 is 0 Å². The Labute approximate surface area is 81.1 Å². The SMILES string of the molecule is CC1CC(C)C2(C1)C1C(C)C3C1C32. The lowest BCUT2D eigenvalue weighted by molar-refractivity contribution is -0.0556. The first-order chi connectivity index (χ1) is 6.18. The van der Waals surface area contributed by atoms with E-state index in [1.165, 1.54) is 30.1 Å². The highest BCUT2D eigenvalue weighted by Crippen LogP contribution is 2.92. The Balaban J connectivity index is 1.74. The van der Waals surface area contributed by atoms with Crippen molar-refractivity contribution in [3.8, 4) is 0 Å². The average Bonchev–Trinajstić information content (AvgIpc) is 2.36. The quantitative estimate of drug-likeness (QED) is 0.532. The van der Waals surface area contributed by atoms with Gasteiger partial charge in [-0.25, -0.2) is 0 Å². The Morgan fingerprint density at radius 2 is 1.77 bits per heavy atom. The lowest BCUT2D eigenvalue weighted by Gasteiger charge is -2.53. The minimum absolute atomic E-state index is 0.883. The molecule has 0 aromatic rings. The molecule has 0 aromatic carbocycles. The summed E-state index contributed by atoms with van der Waals surface area (Å²) in [7, 11) is 0. The zero-order valence-corrected chi connectivity index (χ0v) is 8.96. The molecule has 4 aliphatic rings. The van der Waals surface area contributed by atoms with Crippen LogP contribution in [0.4, 0.5) is 0 Å². The smallest absolute Gasteiger partial charge is 0.0201 e. The predicted octanol–water partition coefficient (Wildman–Crippen LogP) is 3.18. The Hall–Kier alpha value is 0. The maximum absolute atomic E-state index is 2.54. The first kappa shape index (κ1) is 7.31. The van der Waals surface area contributed by atoms with Crippen molar-refractivity contribution in [2.45, 2.75) is 33.6 Å². The molecule has 4 saturated carbocycles. The summed E-state index contributed by atoms with van der Waals surface area (Å²) in [5.74, 6) is 8.05. The summed E-state index contributed by atoms with van der Waals surface area (Å²) in [6, 6.07) is 0. The van der Waals surface area contributed by atoms with Crippen LogP contribution in [0.15, 0.2) is 0 Å². The van der Waals surface area contributed by atoms with Gasteiger partial charge in [-0.05, 0) is 59.7 Å². The topological polar surface area (TPSA) is 0 Å². The summed E-state index contributed by atoms with van der Waals surface area (Å²) in [6.45, 7) is 7.54. The van der Waals surface area contributed by atoms with Gasteiger partial charge in [-0.3, -0.25) is 0 Å². The van der Waals surface area contributed by atoms with Crippen molar-refractivity contribution < 1.29 is 0 Å². The van der Waals surface area contributed by atoms with Gasteiger partial charge in [0, 0.05) is 0 Å². The second-order valence-electron chi connectivity index (χ2n) is 6.62. The number of fused-ring (bicyclic) bond motifs is 3.